The lowest BCUT2D eigenvalue weighted by Gasteiger charge is -2.41. The fourth-order valence-corrected chi connectivity index (χ4v) is 5.07. The Bertz CT molecular complexity index is 468. The quantitative estimate of drug-likeness (QED) is 0.757. The molecule has 3 rings (SSSR count). The molecule has 1 aliphatic heterocycles. The minimum absolute atomic E-state index is 0.291. The SMILES string of the molecule is Oc1c(Br)cc(CN2CCC3CCCCC3C2)cc1Br. The lowest BCUT2D eigenvalue weighted by Crippen LogP contribution is -2.41. The number of hydrogen-bond donors (Lipinski definition) is 1. The van der Waals surface area contributed by atoms with Crippen molar-refractivity contribution in [2.24, 2.45) is 11.8 Å². The number of phenols is 1. The number of halogens is 2. The fraction of sp³-hybridized carbons (Fsp3) is 0.625. The molecular formula is C16H21Br2NO. The number of piperidine rings is 1. The lowest BCUT2D eigenvalue weighted by atomic mass is 9.75. The fourth-order valence-electron chi connectivity index (χ4n) is 3.79. The van der Waals surface area contributed by atoms with Crippen LogP contribution in [0.5, 0.6) is 5.75 Å². The van der Waals surface area contributed by atoms with Gasteiger partial charge >= 0.3 is 0 Å². The molecular weight excluding hydrogens is 382 g/mol. The molecule has 2 aliphatic rings. The van der Waals surface area contributed by atoms with Crippen molar-refractivity contribution in [3.8, 4) is 5.75 Å². The zero-order valence-corrected chi connectivity index (χ0v) is 14.8. The van der Waals surface area contributed by atoms with E-state index in [-0.39, 0.29) is 0 Å². The summed E-state index contributed by atoms with van der Waals surface area (Å²) in [4.78, 5) is 2.58. The molecule has 0 spiro atoms. The van der Waals surface area contributed by atoms with Crippen LogP contribution in [0.1, 0.15) is 37.7 Å². The average Bonchev–Trinajstić information content (AvgIpc) is 2.44. The van der Waals surface area contributed by atoms with Gasteiger partial charge in [-0.1, -0.05) is 19.3 Å². The largest absolute Gasteiger partial charge is 0.506 e. The normalized spacial score (nSPS) is 27.3. The number of rotatable bonds is 2. The first-order valence-corrected chi connectivity index (χ1v) is 9.11. The van der Waals surface area contributed by atoms with Crippen molar-refractivity contribution in [2.45, 2.75) is 38.6 Å². The molecule has 0 bridgehead atoms. The van der Waals surface area contributed by atoms with Gasteiger partial charge in [0.25, 0.3) is 0 Å². The van der Waals surface area contributed by atoms with Gasteiger partial charge in [0.05, 0.1) is 8.95 Å². The predicted molar refractivity (Wildman–Crippen MR) is 88.8 cm³/mol. The Balaban J connectivity index is 1.66. The van der Waals surface area contributed by atoms with Crippen LogP contribution in [0, 0.1) is 11.8 Å². The van der Waals surface area contributed by atoms with E-state index in [0.29, 0.717) is 5.75 Å². The van der Waals surface area contributed by atoms with Gasteiger partial charge in [-0.3, -0.25) is 4.90 Å². The van der Waals surface area contributed by atoms with E-state index in [0.717, 1.165) is 27.3 Å². The second-order valence-corrected chi connectivity index (χ2v) is 7.95. The van der Waals surface area contributed by atoms with E-state index in [1.54, 1.807) is 0 Å². The summed E-state index contributed by atoms with van der Waals surface area (Å²) >= 11 is 6.84. The van der Waals surface area contributed by atoms with Gasteiger partial charge in [0.15, 0.2) is 0 Å². The molecule has 2 unspecified atom stereocenters. The molecule has 2 atom stereocenters. The van der Waals surface area contributed by atoms with Crippen LogP contribution < -0.4 is 0 Å². The summed E-state index contributed by atoms with van der Waals surface area (Å²) in [5.74, 6) is 2.19. The highest BCUT2D eigenvalue weighted by Crippen LogP contribution is 2.37. The standard InChI is InChI=1S/C16H21Br2NO/c17-14-7-11(8-15(18)16(14)20)9-19-6-5-12-3-1-2-4-13(12)10-19/h7-8,12-13,20H,1-6,9-10H2. The van der Waals surface area contributed by atoms with Crippen molar-refractivity contribution in [3.63, 3.8) is 0 Å². The molecule has 1 N–H and O–H groups in total. The van der Waals surface area contributed by atoms with Crippen LogP contribution in [0.15, 0.2) is 21.1 Å². The van der Waals surface area contributed by atoms with Gasteiger partial charge in [-0.25, -0.2) is 0 Å². The molecule has 1 saturated carbocycles. The van der Waals surface area contributed by atoms with E-state index in [2.05, 4.69) is 36.8 Å². The van der Waals surface area contributed by atoms with Crippen molar-refractivity contribution < 1.29 is 5.11 Å². The summed E-state index contributed by atoms with van der Waals surface area (Å²) in [7, 11) is 0. The zero-order chi connectivity index (χ0) is 14.1. The van der Waals surface area contributed by atoms with Crippen LogP contribution in [-0.2, 0) is 6.54 Å². The number of fused-ring (bicyclic) bond motifs is 1. The van der Waals surface area contributed by atoms with Gasteiger partial charge in [-0.15, -0.1) is 0 Å². The molecule has 1 aliphatic carbocycles. The number of benzene rings is 1. The number of phenolic OH excluding ortho intramolecular Hbond substituents is 1. The van der Waals surface area contributed by atoms with Crippen LogP contribution >= 0.6 is 31.9 Å². The monoisotopic (exact) mass is 401 g/mol. The van der Waals surface area contributed by atoms with Crippen LogP contribution in [0.25, 0.3) is 0 Å². The maximum Gasteiger partial charge on any atom is 0.143 e. The third-order valence-corrected chi connectivity index (χ3v) is 6.07. The highest BCUT2D eigenvalue weighted by Gasteiger charge is 2.30. The predicted octanol–water partition coefficient (Wildman–Crippen LogP) is 4.93. The van der Waals surface area contributed by atoms with Crippen molar-refractivity contribution in [1.82, 2.24) is 4.90 Å². The number of nitrogens with zero attached hydrogens (tertiary/aromatic N) is 1. The minimum Gasteiger partial charge on any atom is -0.506 e. The van der Waals surface area contributed by atoms with Gasteiger partial charge in [-0.05, 0) is 80.8 Å². The molecule has 0 aromatic heterocycles. The molecule has 1 aromatic carbocycles. The van der Waals surface area contributed by atoms with Crippen LogP contribution in [-0.4, -0.2) is 23.1 Å². The van der Waals surface area contributed by atoms with Gasteiger partial charge in [0.2, 0.25) is 0 Å². The van der Waals surface area contributed by atoms with Gasteiger partial charge < -0.3 is 5.11 Å². The summed E-state index contributed by atoms with van der Waals surface area (Å²) in [6.45, 7) is 3.46. The van der Waals surface area contributed by atoms with E-state index in [9.17, 15) is 5.11 Å². The molecule has 1 saturated heterocycles. The molecule has 20 heavy (non-hydrogen) atoms. The molecule has 110 valence electrons. The first kappa shape index (κ1) is 14.9. The summed E-state index contributed by atoms with van der Waals surface area (Å²) in [6.07, 6.45) is 7.11. The van der Waals surface area contributed by atoms with E-state index in [1.807, 2.05) is 12.1 Å². The lowest BCUT2D eigenvalue weighted by molar-refractivity contribution is 0.0820. The Morgan fingerprint density at radius 1 is 1.05 bits per heavy atom. The van der Waals surface area contributed by atoms with Crippen LogP contribution in [0.3, 0.4) is 0 Å². The van der Waals surface area contributed by atoms with Crippen LogP contribution in [0.4, 0.5) is 0 Å². The molecule has 0 radical (unpaired) electrons. The average molecular weight is 403 g/mol. The van der Waals surface area contributed by atoms with E-state index in [4.69, 9.17) is 0 Å². The molecule has 2 nitrogen and oxygen atoms in total. The summed E-state index contributed by atoms with van der Waals surface area (Å²) in [6, 6.07) is 4.07. The second kappa shape index (κ2) is 6.37. The zero-order valence-electron chi connectivity index (χ0n) is 11.6. The summed E-state index contributed by atoms with van der Waals surface area (Å²) in [5, 5.41) is 9.78. The van der Waals surface area contributed by atoms with E-state index < -0.39 is 0 Å². The molecule has 4 heteroatoms. The maximum atomic E-state index is 9.78. The van der Waals surface area contributed by atoms with Crippen molar-refractivity contribution in [1.29, 1.82) is 0 Å². The number of aromatic hydroxyl groups is 1. The van der Waals surface area contributed by atoms with Gasteiger partial charge in [0, 0.05) is 13.1 Å². The van der Waals surface area contributed by atoms with E-state index in [1.165, 1.54) is 50.8 Å². The Hall–Kier alpha value is -0.0600. The maximum absolute atomic E-state index is 9.78. The molecule has 1 aromatic rings. The highest BCUT2D eigenvalue weighted by atomic mass is 79.9. The van der Waals surface area contributed by atoms with Crippen molar-refractivity contribution in [3.05, 3.63) is 26.6 Å². The second-order valence-electron chi connectivity index (χ2n) is 6.24. The Morgan fingerprint density at radius 2 is 1.70 bits per heavy atom. The minimum atomic E-state index is 0.291. The van der Waals surface area contributed by atoms with Gasteiger partial charge in [-0.2, -0.15) is 0 Å². The molecule has 0 amide bonds. The van der Waals surface area contributed by atoms with E-state index >= 15 is 0 Å². The molecule has 1 heterocycles. The first-order chi connectivity index (χ1) is 9.63. The Kier molecular flexibility index (Phi) is 4.73. The third kappa shape index (κ3) is 3.23. The third-order valence-electron chi connectivity index (χ3n) is 4.86. The Morgan fingerprint density at radius 3 is 2.40 bits per heavy atom. The van der Waals surface area contributed by atoms with Crippen molar-refractivity contribution >= 4 is 31.9 Å². The van der Waals surface area contributed by atoms with Crippen molar-refractivity contribution in [2.75, 3.05) is 13.1 Å². The van der Waals surface area contributed by atoms with Gasteiger partial charge in [0.1, 0.15) is 5.75 Å². The summed E-state index contributed by atoms with van der Waals surface area (Å²) in [5.41, 5.74) is 1.26. The van der Waals surface area contributed by atoms with Crippen LogP contribution in [0.2, 0.25) is 0 Å². The highest BCUT2D eigenvalue weighted by molar-refractivity contribution is 9.11. The topological polar surface area (TPSA) is 23.5 Å². The number of hydrogen-bond acceptors (Lipinski definition) is 2. The first-order valence-electron chi connectivity index (χ1n) is 7.52. The smallest absolute Gasteiger partial charge is 0.143 e. The molecule has 2 fully saturated rings. The summed E-state index contributed by atoms with van der Waals surface area (Å²) < 4.78 is 1.55. The Labute approximate surface area is 137 Å². The number of likely N-dealkylation sites (tertiary alicyclic amines) is 1.